The van der Waals surface area contributed by atoms with E-state index in [0.29, 0.717) is 45.1 Å². The zero-order chi connectivity index (χ0) is 26.5. The molecule has 9 N–H and O–H groups in total. The van der Waals surface area contributed by atoms with Crippen LogP contribution in [0.15, 0.2) is 30.3 Å². The van der Waals surface area contributed by atoms with E-state index >= 15 is 0 Å². The second-order valence-corrected chi connectivity index (χ2v) is 7.53. The van der Waals surface area contributed by atoms with E-state index in [1.807, 2.05) is 37.3 Å². The fourth-order valence-corrected chi connectivity index (χ4v) is 2.77. The molecule has 1 unspecified atom stereocenters. The first-order chi connectivity index (χ1) is 16.8. The normalized spacial score (nSPS) is 13.8. The van der Waals surface area contributed by atoms with Gasteiger partial charge in [0.2, 0.25) is 17.7 Å². The molecule has 0 aromatic heterocycles. The highest BCUT2D eigenvalue weighted by molar-refractivity contribution is 5.84. The fourth-order valence-electron chi connectivity index (χ4n) is 2.77. The lowest BCUT2D eigenvalue weighted by Crippen LogP contribution is -2.48. The van der Waals surface area contributed by atoms with Gasteiger partial charge >= 0.3 is 0 Å². The number of primary amides is 1. The Kier molecular flexibility index (Phi) is 15.0. The van der Waals surface area contributed by atoms with Gasteiger partial charge in [0.25, 0.3) is 0 Å². The maximum absolute atomic E-state index is 11.7. The largest absolute Gasteiger partial charge is 0.394 e. The van der Waals surface area contributed by atoms with Crippen LogP contribution in [0.4, 0.5) is 0 Å². The average molecular weight is 468 g/mol. The average Bonchev–Trinajstić information content (AvgIpc) is 2.86. The van der Waals surface area contributed by atoms with Crippen LogP contribution < -0.4 is 27.8 Å². The third-order valence-electron chi connectivity index (χ3n) is 4.83. The predicted octanol–water partition coefficient (Wildman–Crippen LogP) is -0.634. The number of unbranched alkanes of at least 4 members (excludes halogenated alkanes) is 1. The first-order valence-corrected chi connectivity index (χ1v) is 11.1. The van der Waals surface area contributed by atoms with Gasteiger partial charge in [0, 0.05) is 18.9 Å². The third kappa shape index (κ3) is 14.8. The molecule has 1 aromatic rings. The topological polar surface area (TPSA) is 191 Å². The van der Waals surface area contributed by atoms with E-state index < -0.39 is 24.6 Å². The number of hydrogen-bond acceptors (Lipinski definition) is 7. The standard InChI is InChI=1S/C12H16N2O3.C11H23N3O2/c13-11(6-9-4-2-1-3-5-9)12(17)14-10(7-15)8-16;1-2-9(11(13)16)5-6-10(15)14-8-4-3-7-12/h1-5,7,10-11,16H,6,8,13H2,(H,14,17);9H,2-8,12H2,1H3,(H2,13,16)(H,14,15)/t10-,11+;/m1./s1/i/hD2. The van der Waals surface area contributed by atoms with Crippen LogP contribution in [0.25, 0.3) is 0 Å². The Balaban J connectivity index is 0.000000662. The fraction of sp³-hybridized carbons (Fsp3) is 0.565. The number of amides is 3. The summed E-state index contributed by atoms with van der Waals surface area (Å²) in [6, 6.07) is 7.56. The number of nitrogens with two attached hydrogens (primary N) is 3. The van der Waals surface area contributed by atoms with E-state index in [4.69, 9.17) is 13.7 Å². The van der Waals surface area contributed by atoms with Gasteiger partial charge in [-0.25, -0.2) is 0 Å². The van der Waals surface area contributed by atoms with E-state index in [1.54, 1.807) is 0 Å². The van der Waals surface area contributed by atoms with Crippen molar-refractivity contribution in [3.8, 4) is 0 Å². The Morgan fingerprint density at radius 1 is 1.21 bits per heavy atom. The van der Waals surface area contributed by atoms with Gasteiger partial charge in [-0.3, -0.25) is 14.4 Å². The molecule has 1 aromatic carbocycles. The summed E-state index contributed by atoms with van der Waals surface area (Å²) in [6.45, 7) is 2.69. The highest BCUT2D eigenvalue weighted by Crippen LogP contribution is 2.09. The van der Waals surface area contributed by atoms with Crippen LogP contribution >= 0.6 is 0 Å². The Bertz CT molecular complexity index is 742. The van der Waals surface area contributed by atoms with Crippen molar-refractivity contribution >= 4 is 24.0 Å². The second-order valence-electron chi connectivity index (χ2n) is 7.53. The van der Waals surface area contributed by atoms with Crippen molar-refractivity contribution in [2.45, 2.75) is 57.5 Å². The van der Waals surface area contributed by atoms with Crippen LogP contribution in [-0.4, -0.2) is 60.9 Å². The molecule has 1 rings (SSSR count). The summed E-state index contributed by atoms with van der Waals surface area (Å²) in [6.07, 6.45) is 4.06. The second kappa shape index (κ2) is 18.7. The number of aliphatic hydroxyl groups is 1. The van der Waals surface area contributed by atoms with Crippen molar-refractivity contribution in [2.75, 3.05) is 19.7 Å². The molecular formula is C23H39N5O5. The molecule has 10 nitrogen and oxygen atoms in total. The van der Waals surface area contributed by atoms with E-state index in [-0.39, 0.29) is 17.7 Å². The van der Waals surface area contributed by atoms with E-state index in [0.717, 1.165) is 18.4 Å². The summed E-state index contributed by atoms with van der Waals surface area (Å²) in [5, 5.41) is 13.9. The first-order valence-electron chi connectivity index (χ1n) is 12.1. The monoisotopic (exact) mass is 467 g/mol. The van der Waals surface area contributed by atoms with Gasteiger partial charge in [0.15, 0.2) is 0 Å². The number of aliphatic hydroxyl groups excluding tert-OH is 1. The van der Waals surface area contributed by atoms with Gasteiger partial charge in [0.05, 0.1) is 12.6 Å². The molecule has 0 aliphatic carbocycles. The summed E-state index contributed by atoms with van der Waals surface area (Å²) in [7, 11) is 0. The van der Waals surface area contributed by atoms with Crippen molar-refractivity contribution in [1.82, 2.24) is 10.6 Å². The van der Waals surface area contributed by atoms with Gasteiger partial charge in [-0.1, -0.05) is 37.3 Å². The van der Waals surface area contributed by atoms with Gasteiger partial charge in [-0.2, -0.15) is 0 Å². The lowest BCUT2D eigenvalue weighted by atomic mass is 9.99. The molecule has 0 aliphatic rings. The van der Waals surface area contributed by atoms with Gasteiger partial charge < -0.3 is 37.7 Å². The summed E-state index contributed by atoms with van der Waals surface area (Å²) in [5.41, 5.74) is 10.5. The van der Waals surface area contributed by atoms with Gasteiger partial charge in [-0.05, 0) is 44.2 Å². The van der Waals surface area contributed by atoms with Crippen LogP contribution in [0.3, 0.4) is 0 Å². The SMILES string of the molecule is [2H]NCCCCNC(=O)CCC(CC)C(N)=O.[2H]N[C@@H](Cc1ccccc1)C(=O)N[C@H](C=O)CO. The van der Waals surface area contributed by atoms with Crippen LogP contribution in [0.1, 0.15) is 44.6 Å². The Labute approximate surface area is 198 Å². The molecule has 33 heavy (non-hydrogen) atoms. The number of aldehydes is 1. The molecule has 0 bridgehead atoms. The summed E-state index contributed by atoms with van der Waals surface area (Å²) >= 11 is 0. The predicted molar refractivity (Wildman–Crippen MR) is 127 cm³/mol. The number of hydrogen-bond donors (Lipinski definition) is 6. The van der Waals surface area contributed by atoms with Crippen LogP contribution in [0.2, 0.25) is 2.82 Å². The molecule has 10 heteroatoms. The molecule has 0 spiro atoms. The molecular weight excluding hydrogens is 426 g/mol. The lowest BCUT2D eigenvalue weighted by Gasteiger charge is -2.15. The maximum Gasteiger partial charge on any atom is 0.237 e. The Hall–Kier alpha value is -2.82. The van der Waals surface area contributed by atoms with Crippen molar-refractivity contribution < 1.29 is 27.1 Å². The molecule has 3 amide bonds. The van der Waals surface area contributed by atoms with Crippen molar-refractivity contribution in [3.05, 3.63) is 35.9 Å². The van der Waals surface area contributed by atoms with Gasteiger partial charge in [0.1, 0.15) is 15.2 Å². The minimum absolute atomic E-state index is 0.0384. The van der Waals surface area contributed by atoms with Crippen molar-refractivity contribution in [3.63, 3.8) is 0 Å². The highest BCUT2D eigenvalue weighted by atomic mass is 16.3. The minimum atomic E-state index is -0.927. The highest BCUT2D eigenvalue weighted by Gasteiger charge is 2.17. The van der Waals surface area contributed by atoms with E-state index in [1.165, 1.54) is 0 Å². The first kappa shape index (κ1) is 26.4. The van der Waals surface area contributed by atoms with Crippen molar-refractivity contribution in [1.29, 1.82) is 0 Å². The smallest absolute Gasteiger partial charge is 0.237 e. The van der Waals surface area contributed by atoms with Gasteiger partial charge in [-0.15, -0.1) is 0 Å². The summed E-state index contributed by atoms with van der Waals surface area (Å²) < 4.78 is 13.9. The quantitative estimate of drug-likeness (QED) is 0.130. The summed E-state index contributed by atoms with van der Waals surface area (Å²) in [4.78, 5) is 44.6. The third-order valence-corrected chi connectivity index (χ3v) is 4.83. The number of nitrogens with one attached hydrogen (secondary N) is 2. The zero-order valence-corrected chi connectivity index (χ0v) is 19.2. The maximum atomic E-state index is 11.7. The van der Waals surface area contributed by atoms with Crippen LogP contribution in [-0.2, 0) is 25.6 Å². The van der Waals surface area contributed by atoms with Crippen LogP contribution in [0.5, 0.6) is 0 Å². The molecule has 0 saturated carbocycles. The Morgan fingerprint density at radius 2 is 1.94 bits per heavy atom. The Morgan fingerprint density at radius 3 is 2.48 bits per heavy atom. The number of rotatable bonds is 17. The number of benzene rings is 1. The van der Waals surface area contributed by atoms with E-state index in [9.17, 15) is 19.2 Å². The van der Waals surface area contributed by atoms with Crippen molar-refractivity contribution in [2.24, 2.45) is 23.1 Å². The molecule has 0 heterocycles. The molecule has 186 valence electrons. The molecule has 0 aliphatic heterocycles. The summed E-state index contributed by atoms with van der Waals surface area (Å²) in [5.74, 6) is -1.06. The zero-order valence-electron chi connectivity index (χ0n) is 21.2. The number of carbonyl (C=O) groups is 4. The number of carbonyl (C=O) groups excluding carboxylic acids is 4. The molecule has 3 atom stereocenters. The minimum Gasteiger partial charge on any atom is -0.394 e. The molecule has 0 radical (unpaired) electrons. The molecule has 0 fully saturated rings. The van der Waals surface area contributed by atoms with E-state index in [2.05, 4.69) is 22.1 Å². The lowest BCUT2D eigenvalue weighted by molar-refractivity contribution is -0.125. The van der Waals surface area contributed by atoms with Crippen LogP contribution in [0, 0.1) is 5.92 Å². The molecule has 0 saturated heterocycles.